The molecule has 1 saturated heterocycles. The molecule has 0 radical (unpaired) electrons. The maximum Gasteiger partial charge on any atom is 0.262 e. The zero-order valence-electron chi connectivity index (χ0n) is 15.6. The molecule has 1 fully saturated rings. The lowest BCUT2D eigenvalue weighted by atomic mass is 9.92. The predicted molar refractivity (Wildman–Crippen MR) is 106 cm³/mol. The van der Waals surface area contributed by atoms with E-state index in [0.29, 0.717) is 5.92 Å². The van der Waals surface area contributed by atoms with Crippen LogP contribution >= 0.6 is 11.3 Å². The maximum absolute atomic E-state index is 12.6. The third kappa shape index (κ3) is 3.84. The number of aliphatic hydroxyl groups is 1. The first-order valence-electron chi connectivity index (χ1n) is 9.72. The quantitative estimate of drug-likeness (QED) is 0.845. The molecule has 6 nitrogen and oxygen atoms in total. The van der Waals surface area contributed by atoms with Gasteiger partial charge >= 0.3 is 0 Å². The van der Waals surface area contributed by atoms with Crippen molar-refractivity contribution in [3.05, 3.63) is 39.3 Å². The number of thiophene rings is 1. The summed E-state index contributed by atoms with van der Waals surface area (Å²) in [6, 6.07) is 1.96. The van der Waals surface area contributed by atoms with Crippen LogP contribution < -0.4 is 10.2 Å². The van der Waals surface area contributed by atoms with E-state index in [2.05, 4.69) is 15.2 Å². The topological polar surface area (TPSA) is 78.4 Å². The first-order valence-corrected chi connectivity index (χ1v) is 10.6. The number of hydrogen-bond acceptors (Lipinski definition) is 6. The molecule has 2 aromatic heterocycles. The van der Waals surface area contributed by atoms with Crippen LogP contribution in [0.2, 0.25) is 0 Å². The summed E-state index contributed by atoms with van der Waals surface area (Å²) in [4.78, 5) is 25.0. The summed E-state index contributed by atoms with van der Waals surface area (Å²) in [5.74, 6) is 1.18. The second-order valence-corrected chi connectivity index (χ2v) is 8.45. The van der Waals surface area contributed by atoms with Gasteiger partial charge in [0, 0.05) is 31.5 Å². The van der Waals surface area contributed by atoms with E-state index in [1.807, 2.05) is 24.6 Å². The van der Waals surface area contributed by atoms with Gasteiger partial charge in [-0.1, -0.05) is 0 Å². The summed E-state index contributed by atoms with van der Waals surface area (Å²) < 4.78 is 0. The highest BCUT2D eigenvalue weighted by Crippen LogP contribution is 2.31. The van der Waals surface area contributed by atoms with Crippen molar-refractivity contribution < 1.29 is 9.90 Å². The first-order chi connectivity index (χ1) is 13.2. The molecule has 2 N–H and O–H groups in total. The van der Waals surface area contributed by atoms with E-state index in [1.165, 1.54) is 11.3 Å². The van der Waals surface area contributed by atoms with Crippen molar-refractivity contribution in [2.24, 2.45) is 5.92 Å². The van der Waals surface area contributed by atoms with Gasteiger partial charge in [0.2, 0.25) is 5.95 Å². The highest BCUT2D eigenvalue weighted by Gasteiger charge is 2.27. The summed E-state index contributed by atoms with van der Waals surface area (Å²) in [5.41, 5.74) is 3.13. The number of nitrogens with zero attached hydrogens (tertiary/aromatic N) is 3. The third-order valence-corrected chi connectivity index (χ3v) is 6.71. The van der Waals surface area contributed by atoms with E-state index < -0.39 is 0 Å². The number of carbonyl (C=O) groups is 1. The zero-order valence-corrected chi connectivity index (χ0v) is 16.5. The number of rotatable bonds is 4. The average molecular weight is 387 g/mol. The fourth-order valence-electron chi connectivity index (χ4n) is 3.98. The molecule has 3 heterocycles. The third-order valence-electron chi connectivity index (χ3n) is 5.70. The van der Waals surface area contributed by atoms with E-state index in [4.69, 9.17) is 4.98 Å². The predicted octanol–water partition coefficient (Wildman–Crippen LogP) is 2.86. The molecule has 2 aromatic rings. The molecule has 0 spiro atoms. The lowest BCUT2D eigenvalue weighted by molar-refractivity contribution is 0.0936. The summed E-state index contributed by atoms with van der Waals surface area (Å²) in [6.07, 6.45) is 6.74. The van der Waals surface area contributed by atoms with Gasteiger partial charge in [-0.3, -0.25) is 4.79 Å². The second kappa shape index (κ2) is 7.94. The molecular formula is C20H26N4O2S. The molecule has 27 heavy (non-hydrogen) atoms. The van der Waals surface area contributed by atoms with Gasteiger partial charge in [-0.05, 0) is 62.0 Å². The Labute approximate surface area is 163 Å². The monoisotopic (exact) mass is 386 g/mol. The van der Waals surface area contributed by atoms with Crippen LogP contribution in [0, 0.1) is 12.8 Å². The Morgan fingerprint density at radius 3 is 2.89 bits per heavy atom. The maximum atomic E-state index is 12.6. The standard InChI is InChI=1S/C20H26N4O2S/c1-13-7-10-27-18(13)19(26)22-16-3-2-4-17-15(16)11-21-20(23-17)24-8-5-14(12-25)6-9-24/h7,10-11,14,16,25H,2-6,8-9,12H2,1H3,(H,22,26). The lowest BCUT2D eigenvalue weighted by Crippen LogP contribution is -2.36. The minimum absolute atomic E-state index is 0.00416. The van der Waals surface area contributed by atoms with Crippen LogP contribution in [0.5, 0.6) is 0 Å². The highest BCUT2D eigenvalue weighted by atomic mass is 32.1. The zero-order chi connectivity index (χ0) is 18.8. The van der Waals surface area contributed by atoms with Gasteiger partial charge in [0.25, 0.3) is 5.91 Å². The van der Waals surface area contributed by atoms with Crippen molar-refractivity contribution in [3.8, 4) is 0 Å². The molecule has 144 valence electrons. The number of nitrogens with one attached hydrogen (secondary N) is 1. The molecule has 0 aromatic carbocycles. The van der Waals surface area contributed by atoms with E-state index >= 15 is 0 Å². The summed E-state index contributed by atoms with van der Waals surface area (Å²) in [7, 11) is 0. The number of aliphatic hydroxyl groups excluding tert-OH is 1. The Balaban J connectivity index is 1.49. The van der Waals surface area contributed by atoms with Gasteiger partial charge in [-0.25, -0.2) is 9.97 Å². The van der Waals surface area contributed by atoms with Crippen LogP contribution in [0.4, 0.5) is 5.95 Å². The molecule has 2 aliphatic rings. The number of carbonyl (C=O) groups excluding carboxylic acids is 1. The van der Waals surface area contributed by atoms with Gasteiger partial charge in [-0.2, -0.15) is 0 Å². The number of hydrogen-bond donors (Lipinski definition) is 2. The number of piperidine rings is 1. The molecule has 0 saturated carbocycles. The van der Waals surface area contributed by atoms with Crippen LogP contribution in [0.15, 0.2) is 17.6 Å². The van der Waals surface area contributed by atoms with Crippen LogP contribution in [-0.4, -0.2) is 40.7 Å². The molecular weight excluding hydrogens is 360 g/mol. The Hall–Kier alpha value is -1.99. The summed E-state index contributed by atoms with van der Waals surface area (Å²) >= 11 is 1.48. The van der Waals surface area contributed by atoms with Crippen LogP contribution in [0.1, 0.15) is 58.2 Å². The fourth-order valence-corrected chi connectivity index (χ4v) is 4.81. The first kappa shape index (κ1) is 18.4. The summed E-state index contributed by atoms with van der Waals surface area (Å²) in [6.45, 7) is 4.02. The molecule has 7 heteroatoms. The lowest BCUT2D eigenvalue weighted by Gasteiger charge is -2.32. The van der Waals surface area contributed by atoms with Crippen LogP contribution in [-0.2, 0) is 6.42 Å². The van der Waals surface area contributed by atoms with Crippen molar-refractivity contribution in [1.82, 2.24) is 15.3 Å². The Bertz CT molecular complexity index is 814. The largest absolute Gasteiger partial charge is 0.396 e. The van der Waals surface area contributed by atoms with Gasteiger partial charge in [0.1, 0.15) is 0 Å². The van der Waals surface area contributed by atoms with Gasteiger partial charge in [-0.15, -0.1) is 11.3 Å². The summed E-state index contributed by atoms with van der Waals surface area (Å²) in [5, 5.41) is 14.4. The molecule has 1 aliphatic heterocycles. The second-order valence-electron chi connectivity index (χ2n) is 7.54. The number of aryl methyl sites for hydroxylation is 2. The van der Waals surface area contributed by atoms with Gasteiger partial charge < -0.3 is 15.3 Å². The molecule has 1 unspecified atom stereocenters. The van der Waals surface area contributed by atoms with Crippen molar-refractivity contribution >= 4 is 23.2 Å². The highest BCUT2D eigenvalue weighted by molar-refractivity contribution is 7.12. The van der Waals surface area contributed by atoms with Crippen molar-refractivity contribution in [2.45, 2.75) is 45.1 Å². The molecule has 1 amide bonds. The molecule has 1 aliphatic carbocycles. The Morgan fingerprint density at radius 2 is 2.19 bits per heavy atom. The molecule has 4 rings (SSSR count). The number of amides is 1. The van der Waals surface area contributed by atoms with Gasteiger partial charge in [0.15, 0.2) is 0 Å². The minimum Gasteiger partial charge on any atom is -0.396 e. The van der Waals surface area contributed by atoms with Gasteiger partial charge in [0.05, 0.1) is 16.6 Å². The average Bonchev–Trinajstić information content (AvgIpc) is 3.14. The number of anilines is 1. The SMILES string of the molecule is Cc1ccsc1C(=O)NC1CCCc2nc(N3CCC(CO)CC3)ncc21. The van der Waals surface area contributed by atoms with Crippen LogP contribution in [0.3, 0.4) is 0 Å². The van der Waals surface area contributed by atoms with Crippen molar-refractivity contribution in [1.29, 1.82) is 0 Å². The smallest absolute Gasteiger partial charge is 0.262 e. The van der Waals surface area contributed by atoms with Crippen molar-refractivity contribution in [2.75, 3.05) is 24.6 Å². The Morgan fingerprint density at radius 1 is 1.37 bits per heavy atom. The minimum atomic E-state index is -0.0167. The molecule has 0 bridgehead atoms. The van der Waals surface area contributed by atoms with E-state index in [9.17, 15) is 9.90 Å². The van der Waals surface area contributed by atoms with Crippen molar-refractivity contribution in [3.63, 3.8) is 0 Å². The van der Waals surface area contributed by atoms with E-state index in [-0.39, 0.29) is 18.6 Å². The number of aromatic nitrogens is 2. The normalized spacial score (nSPS) is 20.4. The van der Waals surface area contributed by atoms with E-state index in [0.717, 1.165) is 72.8 Å². The van der Waals surface area contributed by atoms with E-state index in [1.54, 1.807) is 0 Å². The Kier molecular flexibility index (Phi) is 5.41. The van der Waals surface area contributed by atoms with Crippen LogP contribution in [0.25, 0.3) is 0 Å². The number of fused-ring (bicyclic) bond motifs is 1. The molecule has 1 atom stereocenters. The fraction of sp³-hybridized carbons (Fsp3) is 0.550.